The van der Waals surface area contributed by atoms with E-state index >= 15 is 0 Å². The normalized spacial score (nSPS) is 31.9. The van der Waals surface area contributed by atoms with Gasteiger partial charge in [0.2, 0.25) is 0 Å². The number of hydrogen-bond donors (Lipinski definition) is 0. The second kappa shape index (κ2) is 1.90. The number of carbonyl (C=O) groups excluding carboxylic acids is 1. The molecular formula is C4H4BF3O2-2. The van der Waals surface area contributed by atoms with Crippen LogP contribution < -0.4 is 5.11 Å². The van der Waals surface area contributed by atoms with Crippen LogP contribution in [0.5, 0.6) is 0 Å². The van der Waals surface area contributed by atoms with E-state index in [1.54, 1.807) is 0 Å². The molecule has 0 aromatic rings. The molecule has 0 heterocycles. The molecule has 6 heteroatoms. The van der Waals surface area contributed by atoms with Crippen molar-refractivity contribution in [3.63, 3.8) is 0 Å². The van der Waals surface area contributed by atoms with E-state index in [9.17, 15) is 22.8 Å². The van der Waals surface area contributed by atoms with Gasteiger partial charge in [-0.25, -0.2) is 0 Å². The van der Waals surface area contributed by atoms with Gasteiger partial charge in [0.25, 0.3) is 0 Å². The van der Waals surface area contributed by atoms with Gasteiger partial charge in [-0.2, -0.15) is 0 Å². The third-order valence-electron chi connectivity index (χ3n) is 1.63. The van der Waals surface area contributed by atoms with E-state index in [1.807, 2.05) is 0 Å². The standard InChI is InChI=1S/C4H5BF3O2/c6-5(7,8)3-1-2(3)4(9)10/h2-3H,1H2,(H,9,10)/q-1/p-1. The largest absolute Gasteiger partial charge is 0.550 e. The molecule has 0 bridgehead atoms. The summed E-state index contributed by atoms with van der Waals surface area (Å²) in [7, 11) is 0. The molecule has 1 aliphatic carbocycles. The van der Waals surface area contributed by atoms with Crippen molar-refractivity contribution in [2.45, 2.75) is 12.2 Å². The Bertz CT molecular complexity index is 166. The molecule has 0 amide bonds. The van der Waals surface area contributed by atoms with E-state index in [0.717, 1.165) is 0 Å². The first kappa shape index (κ1) is 7.43. The van der Waals surface area contributed by atoms with Gasteiger partial charge >= 0.3 is 6.98 Å². The topological polar surface area (TPSA) is 40.1 Å². The fraction of sp³-hybridized carbons (Fsp3) is 0.750. The predicted octanol–water partition coefficient (Wildman–Crippen LogP) is -0.0262. The zero-order valence-corrected chi connectivity index (χ0v) is 4.89. The molecule has 0 aromatic heterocycles. The predicted molar refractivity (Wildman–Crippen MR) is 25.9 cm³/mol. The number of carboxylic acids is 1. The molecule has 1 aliphatic rings. The lowest BCUT2D eigenvalue weighted by molar-refractivity contribution is -0.307. The number of aliphatic carboxylic acids is 1. The molecule has 0 N–H and O–H groups in total. The van der Waals surface area contributed by atoms with Gasteiger partial charge in [-0.1, -0.05) is 12.2 Å². The number of halogens is 3. The van der Waals surface area contributed by atoms with Gasteiger partial charge in [-0.05, 0) is 5.92 Å². The summed E-state index contributed by atoms with van der Waals surface area (Å²) in [5.41, 5.74) is 0. The molecule has 1 saturated carbocycles. The fourth-order valence-electron chi connectivity index (χ4n) is 0.903. The molecular weight excluding hydrogens is 148 g/mol. The van der Waals surface area contributed by atoms with Crippen molar-refractivity contribution >= 4 is 12.9 Å². The monoisotopic (exact) mass is 152 g/mol. The lowest BCUT2D eigenvalue weighted by atomic mass is 9.82. The molecule has 0 radical (unpaired) electrons. The maximum atomic E-state index is 11.6. The number of rotatable bonds is 2. The van der Waals surface area contributed by atoms with Gasteiger partial charge in [0, 0.05) is 5.97 Å². The Morgan fingerprint density at radius 2 is 2.00 bits per heavy atom. The van der Waals surface area contributed by atoms with Crippen molar-refractivity contribution in [2.75, 3.05) is 0 Å². The van der Waals surface area contributed by atoms with E-state index in [0.29, 0.717) is 0 Å². The van der Waals surface area contributed by atoms with Gasteiger partial charge in [0.15, 0.2) is 0 Å². The Morgan fingerprint density at radius 3 is 2.10 bits per heavy atom. The molecule has 2 nitrogen and oxygen atoms in total. The van der Waals surface area contributed by atoms with E-state index in [4.69, 9.17) is 0 Å². The molecule has 0 aliphatic heterocycles. The molecule has 0 aromatic carbocycles. The lowest BCUT2D eigenvalue weighted by Crippen LogP contribution is -2.27. The Kier molecular flexibility index (Phi) is 1.41. The van der Waals surface area contributed by atoms with Crippen LogP contribution >= 0.6 is 0 Å². The maximum Gasteiger partial charge on any atom is 0.482 e. The smallest absolute Gasteiger partial charge is 0.482 e. The van der Waals surface area contributed by atoms with E-state index in [-0.39, 0.29) is 6.42 Å². The molecule has 58 valence electrons. The van der Waals surface area contributed by atoms with Crippen molar-refractivity contribution in [3.05, 3.63) is 0 Å². The second-order valence-electron chi connectivity index (χ2n) is 2.45. The Balaban J connectivity index is 2.46. The highest BCUT2D eigenvalue weighted by Gasteiger charge is 2.51. The molecule has 2 unspecified atom stereocenters. The minimum absolute atomic E-state index is 0.286. The minimum atomic E-state index is -4.95. The summed E-state index contributed by atoms with van der Waals surface area (Å²) in [6.07, 6.45) is -0.286. The van der Waals surface area contributed by atoms with Gasteiger partial charge in [0.1, 0.15) is 0 Å². The van der Waals surface area contributed by atoms with Crippen LogP contribution in [0, 0.1) is 5.92 Å². The number of carboxylic acid groups (broad SMARTS) is 1. The first-order valence-corrected chi connectivity index (χ1v) is 2.83. The van der Waals surface area contributed by atoms with E-state index < -0.39 is 24.7 Å². The first-order chi connectivity index (χ1) is 4.43. The van der Waals surface area contributed by atoms with Crippen LogP contribution in [0.4, 0.5) is 12.9 Å². The van der Waals surface area contributed by atoms with Gasteiger partial charge in [-0.3, -0.25) is 0 Å². The SMILES string of the molecule is O=C([O-])C1CC1[B-](F)(F)F. The van der Waals surface area contributed by atoms with Crippen LogP contribution in [0.15, 0.2) is 0 Å². The van der Waals surface area contributed by atoms with Crippen LogP contribution in [0.1, 0.15) is 6.42 Å². The quantitative estimate of drug-likeness (QED) is 0.521. The highest BCUT2D eigenvalue weighted by Crippen LogP contribution is 2.52. The fourth-order valence-corrected chi connectivity index (χ4v) is 0.903. The number of hydrogen-bond acceptors (Lipinski definition) is 2. The Labute approximate surface area is 55.1 Å². The van der Waals surface area contributed by atoms with Crippen molar-refractivity contribution < 1.29 is 22.8 Å². The Hall–Kier alpha value is -0.675. The first-order valence-electron chi connectivity index (χ1n) is 2.83. The molecule has 2 atom stereocenters. The summed E-state index contributed by atoms with van der Waals surface area (Å²) in [5, 5.41) is 9.82. The maximum absolute atomic E-state index is 11.6. The van der Waals surface area contributed by atoms with Gasteiger partial charge in [-0.15, -0.1) is 0 Å². The van der Waals surface area contributed by atoms with Crippen LogP contribution in [-0.2, 0) is 4.79 Å². The zero-order chi connectivity index (χ0) is 7.94. The molecule has 0 saturated heterocycles. The Morgan fingerprint density at radius 1 is 1.50 bits per heavy atom. The van der Waals surface area contributed by atoms with Crippen LogP contribution in [0.2, 0.25) is 5.82 Å². The highest BCUT2D eigenvalue weighted by molar-refractivity contribution is 6.61. The van der Waals surface area contributed by atoms with E-state index in [2.05, 4.69) is 0 Å². The summed E-state index contributed by atoms with van der Waals surface area (Å²) in [4.78, 5) is 9.82. The zero-order valence-electron chi connectivity index (χ0n) is 4.89. The third-order valence-corrected chi connectivity index (χ3v) is 1.63. The van der Waals surface area contributed by atoms with Crippen molar-refractivity contribution in [3.8, 4) is 0 Å². The van der Waals surface area contributed by atoms with Crippen LogP contribution in [0.25, 0.3) is 0 Å². The lowest BCUT2D eigenvalue weighted by Gasteiger charge is -2.12. The van der Waals surface area contributed by atoms with Gasteiger partial charge < -0.3 is 22.8 Å². The van der Waals surface area contributed by atoms with Crippen molar-refractivity contribution in [1.82, 2.24) is 0 Å². The average Bonchev–Trinajstić information content (AvgIpc) is 2.35. The summed E-state index contributed by atoms with van der Waals surface area (Å²) in [6.45, 7) is -4.95. The highest BCUT2D eigenvalue weighted by atomic mass is 19.4. The molecule has 0 spiro atoms. The summed E-state index contributed by atoms with van der Waals surface area (Å²) in [5.74, 6) is -4.44. The van der Waals surface area contributed by atoms with Crippen LogP contribution in [0.3, 0.4) is 0 Å². The molecule has 1 fully saturated rings. The van der Waals surface area contributed by atoms with E-state index in [1.165, 1.54) is 0 Å². The van der Waals surface area contributed by atoms with Crippen molar-refractivity contribution in [1.29, 1.82) is 0 Å². The average molecular weight is 152 g/mol. The summed E-state index contributed by atoms with van der Waals surface area (Å²) in [6, 6.07) is 0. The minimum Gasteiger partial charge on any atom is -0.550 e. The van der Waals surface area contributed by atoms with Gasteiger partial charge in [0.05, 0.1) is 0 Å². The van der Waals surface area contributed by atoms with Crippen molar-refractivity contribution in [2.24, 2.45) is 5.92 Å². The third kappa shape index (κ3) is 1.25. The summed E-state index contributed by atoms with van der Waals surface area (Å²) < 4.78 is 34.9. The number of carbonyl (C=O) groups is 1. The summed E-state index contributed by atoms with van der Waals surface area (Å²) >= 11 is 0. The molecule has 10 heavy (non-hydrogen) atoms. The second-order valence-corrected chi connectivity index (χ2v) is 2.45. The molecule has 1 rings (SSSR count). The van der Waals surface area contributed by atoms with Crippen LogP contribution in [-0.4, -0.2) is 12.9 Å².